The highest BCUT2D eigenvalue weighted by atomic mass is 32.2. The van der Waals surface area contributed by atoms with Gasteiger partial charge in [-0.25, -0.2) is 28.1 Å². The Bertz CT molecular complexity index is 1240. The van der Waals surface area contributed by atoms with Crippen molar-refractivity contribution in [3.63, 3.8) is 0 Å². The summed E-state index contributed by atoms with van der Waals surface area (Å²) in [5, 5.41) is 2.84. The summed E-state index contributed by atoms with van der Waals surface area (Å²) in [6.07, 6.45) is 7.99. The number of nitrogens with one attached hydrogen (secondary N) is 2. The summed E-state index contributed by atoms with van der Waals surface area (Å²) in [6.45, 7) is 2.47. The molecule has 1 fully saturated rings. The second kappa shape index (κ2) is 9.36. The lowest BCUT2D eigenvalue weighted by Gasteiger charge is -2.32. The summed E-state index contributed by atoms with van der Waals surface area (Å²) in [5.41, 5.74) is 0.491. The predicted molar refractivity (Wildman–Crippen MR) is 120 cm³/mol. The summed E-state index contributed by atoms with van der Waals surface area (Å²) in [6, 6.07) is 7.58. The van der Waals surface area contributed by atoms with Crippen LogP contribution in [-0.4, -0.2) is 52.8 Å². The standard InChI is InChI=1S/C21H23N7O4S/c1-15(29)26-33(31,32)18-4-2-17(3-5-18)25-21(30)16-6-9-27(10-7-16)19-12-20(24-13-23-19)28-11-8-22-14-28/h2-5,8,11-14,16H,6-7,9-10H2,1H3,(H,25,30)(H,26,29). The first-order valence-electron chi connectivity index (χ1n) is 10.3. The van der Waals surface area contributed by atoms with Crippen molar-refractivity contribution in [1.29, 1.82) is 0 Å². The molecule has 33 heavy (non-hydrogen) atoms. The number of imidazole rings is 1. The van der Waals surface area contributed by atoms with Crippen LogP contribution < -0.4 is 14.9 Å². The fourth-order valence-electron chi connectivity index (χ4n) is 3.63. The van der Waals surface area contributed by atoms with Crippen LogP contribution in [0.25, 0.3) is 5.82 Å². The van der Waals surface area contributed by atoms with Gasteiger partial charge in [-0.05, 0) is 37.1 Å². The van der Waals surface area contributed by atoms with E-state index in [1.807, 2.05) is 17.0 Å². The van der Waals surface area contributed by atoms with Crippen molar-refractivity contribution in [2.24, 2.45) is 5.92 Å². The average molecular weight is 470 g/mol. The molecule has 1 aliphatic rings. The van der Waals surface area contributed by atoms with E-state index in [9.17, 15) is 18.0 Å². The zero-order valence-electron chi connectivity index (χ0n) is 17.9. The van der Waals surface area contributed by atoms with Gasteiger partial charge >= 0.3 is 0 Å². The Morgan fingerprint density at radius 3 is 2.39 bits per heavy atom. The lowest BCUT2D eigenvalue weighted by molar-refractivity contribution is -0.120. The first-order valence-corrected chi connectivity index (χ1v) is 11.8. The summed E-state index contributed by atoms with van der Waals surface area (Å²) in [4.78, 5) is 38.5. The smallest absolute Gasteiger partial charge is 0.264 e. The van der Waals surface area contributed by atoms with Crippen LogP contribution >= 0.6 is 0 Å². The van der Waals surface area contributed by atoms with Crippen LogP contribution in [0.4, 0.5) is 11.5 Å². The first kappa shape index (κ1) is 22.4. The number of carbonyl (C=O) groups excluding carboxylic acids is 2. The second-order valence-electron chi connectivity index (χ2n) is 7.64. The molecule has 172 valence electrons. The Labute approximate surface area is 190 Å². The molecular weight excluding hydrogens is 446 g/mol. The molecule has 1 aromatic carbocycles. The number of sulfonamides is 1. The van der Waals surface area contributed by atoms with E-state index in [2.05, 4.69) is 25.2 Å². The van der Waals surface area contributed by atoms with Crippen molar-refractivity contribution in [3.8, 4) is 5.82 Å². The Kier molecular flexibility index (Phi) is 6.36. The maximum absolute atomic E-state index is 12.7. The first-order chi connectivity index (χ1) is 15.8. The van der Waals surface area contributed by atoms with Crippen LogP contribution in [0, 0.1) is 5.92 Å². The largest absolute Gasteiger partial charge is 0.356 e. The molecule has 2 N–H and O–H groups in total. The summed E-state index contributed by atoms with van der Waals surface area (Å²) in [7, 11) is -3.91. The summed E-state index contributed by atoms with van der Waals surface area (Å²) >= 11 is 0. The average Bonchev–Trinajstić information content (AvgIpc) is 3.34. The van der Waals surface area contributed by atoms with Crippen LogP contribution in [-0.2, 0) is 19.6 Å². The number of carbonyl (C=O) groups is 2. The van der Waals surface area contributed by atoms with Gasteiger partial charge in [0.15, 0.2) is 0 Å². The maximum Gasteiger partial charge on any atom is 0.264 e. The minimum atomic E-state index is -3.91. The van der Waals surface area contributed by atoms with Gasteiger partial charge in [-0.2, -0.15) is 0 Å². The van der Waals surface area contributed by atoms with Gasteiger partial charge in [-0.3, -0.25) is 14.2 Å². The molecule has 0 unspecified atom stereocenters. The molecule has 0 aliphatic carbocycles. The van der Waals surface area contributed by atoms with E-state index in [0.29, 0.717) is 31.6 Å². The molecule has 4 rings (SSSR count). The van der Waals surface area contributed by atoms with Gasteiger partial charge in [0.25, 0.3) is 10.0 Å². The number of hydrogen-bond donors (Lipinski definition) is 2. The molecule has 1 aliphatic heterocycles. The topological polar surface area (TPSA) is 139 Å². The van der Waals surface area contributed by atoms with E-state index in [1.54, 1.807) is 17.1 Å². The van der Waals surface area contributed by atoms with Gasteiger partial charge in [-0.15, -0.1) is 0 Å². The van der Waals surface area contributed by atoms with Crippen LogP contribution in [0.2, 0.25) is 0 Å². The zero-order chi connectivity index (χ0) is 23.4. The van der Waals surface area contributed by atoms with Crippen molar-refractivity contribution >= 4 is 33.3 Å². The predicted octanol–water partition coefficient (Wildman–Crippen LogP) is 1.34. The van der Waals surface area contributed by atoms with Crippen molar-refractivity contribution in [2.75, 3.05) is 23.3 Å². The monoisotopic (exact) mass is 469 g/mol. The Balaban J connectivity index is 1.34. The minimum absolute atomic E-state index is 0.0519. The number of aromatic nitrogens is 4. The molecule has 0 radical (unpaired) electrons. The van der Waals surface area contributed by atoms with Crippen molar-refractivity contribution in [1.82, 2.24) is 24.2 Å². The third kappa shape index (κ3) is 5.34. The molecule has 2 amide bonds. The molecule has 3 heterocycles. The van der Waals surface area contributed by atoms with E-state index < -0.39 is 15.9 Å². The number of amides is 2. The molecule has 1 saturated heterocycles. The molecule has 3 aromatic rings. The Hall–Kier alpha value is -3.80. The van der Waals surface area contributed by atoms with Gasteiger partial charge in [0.2, 0.25) is 11.8 Å². The van der Waals surface area contributed by atoms with E-state index in [-0.39, 0.29) is 16.7 Å². The molecule has 0 atom stereocenters. The molecule has 0 spiro atoms. The minimum Gasteiger partial charge on any atom is -0.356 e. The van der Waals surface area contributed by atoms with Gasteiger partial charge < -0.3 is 10.2 Å². The molecule has 12 heteroatoms. The van der Waals surface area contributed by atoms with Crippen LogP contribution in [0.1, 0.15) is 19.8 Å². The van der Waals surface area contributed by atoms with Gasteiger partial charge in [-0.1, -0.05) is 0 Å². The number of nitrogens with zero attached hydrogens (tertiary/aromatic N) is 5. The number of rotatable bonds is 6. The van der Waals surface area contributed by atoms with Crippen molar-refractivity contribution in [3.05, 3.63) is 55.4 Å². The van der Waals surface area contributed by atoms with Crippen LogP contribution in [0.15, 0.2) is 60.3 Å². The van der Waals surface area contributed by atoms with Gasteiger partial charge in [0, 0.05) is 50.1 Å². The molecule has 2 aromatic heterocycles. The highest BCUT2D eigenvalue weighted by molar-refractivity contribution is 7.90. The summed E-state index contributed by atoms with van der Waals surface area (Å²) in [5.74, 6) is 0.566. The fourth-order valence-corrected chi connectivity index (χ4v) is 4.62. The normalized spacial score (nSPS) is 14.6. The highest BCUT2D eigenvalue weighted by Gasteiger charge is 2.26. The molecule has 11 nitrogen and oxygen atoms in total. The van der Waals surface area contributed by atoms with Crippen molar-refractivity contribution < 1.29 is 18.0 Å². The van der Waals surface area contributed by atoms with E-state index in [1.165, 1.54) is 30.6 Å². The third-order valence-corrected chi connectivity index (χ3v) is 6.76. The molecule has 0 saturated carbocycles. The fraction of sp³-hybridized carbons (Fsp3) is 0.286. The van der Waals surface area contributed by atoms with Crippen LogP contribution in [0.3, 0.4) is 0 Å². The van der Waals surface area contributed by atoms with E-state index >= 15 is 0 Å². The van der Waals surface area contributed by atoms with Crippen LogP contribution in [0.5, 0.6) is 0 Å². The lowest BCUT2D eigenvalue weighted by Crippen LogP contribution is -2.38. The number of hydrogen-bond acceptors (Lipinski definition) is 8. The molecular formula is C21H23N7O4S. The third-order valence-electron chi connectivity index (χ3n) is 5.31. The number of piperidine rings is 1. The SMILES string of the molecule is CC(=O)NS(=O)(=O)c1ccc(NC(=O)C2CCN(c3cc(-n4ccnc4)ncn3)CC2)cc1. The zero-order valence-corrected chi connectivity index (χ0v) is 18.7. The van der Waals surface area contributed by atoms with E-state index in [4.69, 9.17) is 0 Å². The second-order valence-corrected chi connectivity index (χ2v) is 9.32. The highest BCUT2D eigenvalue weighted by Crippen LogP contribution is 2.24. The van der Waals surface area contributed by atoms with Crippen molar-refractivity contribution in [2.45, 2.75) is 24.7 Å². The number of benzene rings is 1. The quantitative estimate of drug-likeness (QED) is 0.551. The van der Waals surface area contributed by atoms with E-state index in [0.717, 1.165) is 18.6 Å². The van der Waals surface area contributed by atoms with Gasteiger partial charge in [0.05, 0.1) is 4.90 Å². The lowest BCUT2D eigenvalue weighted by atomic mass is 9.96. The molecule has 0 bridgehead atoms. The summed E-state index contributed by atoms with van der Waals surface area (Å²) < 4.78 is 27.8. The number of anilines is 2. The Morgan fingerprint density at radius 1 is 1.06 bits per heavy atom. The maximum atomic E-state index is 12.7. The Morgan fingerprint density at radius 2 is 1.76 bits per heavy atom. The van der Waals surface area contributed by atoms with Gasteiger partial charge in [0.1, 0.15) is 24.3 Å².